The Labute approximate surface area is 108 Å². The zero-order valence-electron chi connectivity index (χ0n) is 9.66. The third-order valence-corrected chi connectivity index (χ3v) is 3.22. The van der Waals surface area contributed by atoms with Gasteiger partial charge < -0.3 is 9.40 Å². The molecular formula is C14H10ClNO2. The third kappa shape index (κ3) is 1.64. The van der Waals surface area contributed by atoms with E-state index < -0.39 is 0 Å². The van der Waals surface area contributed by atoms with E-state index in [1.807, 2.05) is 19.1 Å². The first-order chi connectivity index (χ1) is 8.66. The van der Waals surface area contributed by atoms with Crippen LogP contribution in [0.2, 0.25) is 5.02 Å². The Morgan fingerprint density at radius 3 is 2.94 bits per heavy atom. The van der Waals surface area contributed by atoms with Crippen molar-refractivity contribution in [1.82, 2.24) is 4.98 Å². The summed E-state index contributed by atoms with van der Waals surface area (Å²) in [6.07, 6.45) is 3.16. The smallest absolute Gasteiger partial charge is 0.198 e. The Morgan fingerprint density at radius 1 is 1.39 bits per heavy atom. The van der Waals surface area contributed by atoms with E-state index in [9.17, 15) is 4.79 Å². The van der Waals surface area contributed by atoms with Crippen LogP contribution in [0.4, 0.5) is 0 Å². The normalized spacial score (nSPS) is 11.0. The molecule has 0 saturated heterocycles. The van der Waals surface area contributed by atoms with Gasteiger partial charge in [0.15, 0.2) is 5.78 Å². The Kier molecular flexibility index (Phi) is 2.49. The molecule has 18 heavy (non-hydrogen) atoms. The predicted molar refractivity (Wildman–Crippen MR) is 70.2 cm³/mol. The molecule has 0 aliphatic rings. The number of hydrogen-bond donors (Lipinski definition) is 1. The molecule has 0 aliphatic carbocycles. The molecule has 3 aromatic rings. The highest BCUT2D eigenvalue weighted by atomic mass is 35.5. The number of rotatable bonds is 2. The van der Waals surface area contributed by atoms with Gasteiger partial charge in [-0.3, -0.25) is 4.79 Å². The van der Waals surface area contributed by atoms with Crippen LogP contribution in [0, 0.1) is 6.92 Å². The Balaban J connectivity index is 2.15. The van der Waals surface area contributed by atoms with Crippen molar-refractivity contribution in [3.8, 4) is 0 Å². The van der Waals surface area contributed by atoms with E-state index in [0.717, 1.165) is 16.7 Å². The van der Waals surface area contributed by atoms with Crippen LogP contribution >= 0.6 is 11.6 Å². The fourth-order valence-electron chi connectivity index (χ4n) is 2.02. The summed E-state index contributed by atoms with van der Waals surface area (Å²) in [4.78, 5) is 15.4. The summed E-state index contributed by atoms with van der Waals surface area (Å²) < 4.78 is 5.16. The number of para-hydroxylation sites is 1. The number of hydrogen-bond acceptors (Lipinski definition) is 2. The number of aromatic amines is 1. The lowest BCUT2D eigenvalue weighted by atomic mass is 10.1. The monoisotopic (exact) mass is 259 g/mol. The number of carbonyl (C=O) groups excluding carboxylic acids is 1. The van der Waals surface area contributed by atoms with Crippen LogP contribution in [0.15, 0.2) is 41.1 Å². The molecule has 90 valence electrons. The second-order valence-electron chi connectivity index (χ2n) is 4.14. The highest BCUT2D eigenvalue weighted by Gasteiger charge is 2.16. The molecule has 0 aliphatic heterocycles. The van der Waals surface area contributed by atoms with Crippen molar-refractivity contribution < 1.29 is 9.21 Å². The lowest BCUT2D eigenvalue weighted by molar-refractivity contribution is 0.103. The molecule has 1 aromatic carbocycles. The van der Waals surface area contributed by atoms with E-state index in [4.69, 9.17) is 16.0 Å². The molecule has 4 heteroatoms. The minimum absolute atomic E-state index is 0.0691. The summed E-state index contributed by atoms with van der Waals surface area (Å²) in [6, 6.07) is 7.22. The maximum Gasteiger partial charge on any atom is 0.198 e. The van der Waals surface area contributed by atoms with E-state index in [1.54, 1.807) is 18.3 Å². The minimum atomic E-state index is -0.0691. The first-order valence-corrected chi connectivity index (χ1v) is 5.90. The quantitative estimate of drug-likeness (QED) is 0.708. The van der Waals surface area contributed by atoms with Crippen molar-refractivity contribution in [2.75, 3.05) is 0 Å². The van der Waals surface area contributed by atoms with Gasteiger partial charge in [-0.05, 0) is 19.1 Å². The molecule has 0 saturated carbocycles. The molecule has 3 rings (SSSR count). The lowest BCUT2D eigenvalue weighted by Gasteiger charge is -1.96. The molecule has 0 spiro atoms. The number of nitrogens with one attached hydrogen (secondary N) is 1. The summed E-state index contributed by atoms with van der Waals surface area (Å²) >= 11 is 6.06. The first kappa shape index (κ1) is 11.1. The molecule has 0 bridgehead atoms. The molecule has 2 aromatic heterocycles. The van der Waals surface area contributed by atoms with Gasteiger partial charge >= 0.3 is 0 Å². The number of aromatic nitrogens is 1. The SMILES string of the molecule is Cc1cc(C(=O)c2c[nH]c3c(Cl)cccc23)co1. The molecule has 0 radical (unpaired) electrons. The third-order valence-electron chi connectivity index (χ3n) is 2.90. The van der Waals surface area contributed by atoms with Crippen LogP contribution in [0.25, 0.3) is 10.9 Å². The number of aryl methyl sites for hydroxylation is 1. The molecule has 0 atom stereocenters. The second-order valence-corrected chi connectivity index (χ2v) is 4.55. The van der Waals surface area contributed by atoms with Gasteiger partial charge in [-0.1, -0.05) is 23.7 Å². The summed E-state index contributed by atoms with van der Waals surface area (Å²) in [6.45, 7) is 1.81. The van der Waals surface area contributed by atoms with E-state index in [0.29, 0.717) is 16.1 Å². The molecule has 1 N–H and O–H groups in total. The van der Waals surface area contributed by atoms with Crippen LogP contribution in [0.1, 0.15) is 21.7 Å². The van der Waals surface area contributed by atoms with Crippen LogP contribution < -0.4 is 0 Å². The maximum atomic E-state index is 12.3. The number of ketones is 1. The molecule has 0 unspecified atom stereocenters. The van der Waals surface area contributed by atoms with E-state index >= 15 is 0 Å². The van der Waals surface area contributed by atoms with Crippen LogP contribution in [-0.4, -0.2) is 10.8 Å². The van der Waals surface area contributed by atoms with Crippen molar-refractivity contribution >= 4 is 28.3 Å². The molecule has 0 amide bonds. The molecule has 2 heterocycles. The topological polar surface area (TPSA) is 46.0 Å². The minimum Gasteiger partial charge on any atom is -0.469 e. The lowest BCUT2D eigenvalue weighted by Crippen LogP contribution is -1.98. The van der Waals surface area contributed by atoms with Gasteiger partial charge in [-0.2, -0.15) is 0 Å². The summed E-state index contributed by atoms with van der Waals surface area (Å²) in [5.41, 5.74) is 1.93. The van der Waals surface area contributed by atoms with Crippen molar-refractivity contribution in [1.29, 1.82) is 0 Å². The van der Waals surface area contributed by atoms with Gasteiger partial charge in [0.25, 0.3) is 0 Å². The van der Waals surface area contributed by atoms with Crippen molar-refractivity contribution in [2.45, 2.75) is 6.92 Å². The Hall–Kier alpha value is -2.00. The summed E-state index contributed by atoms with van der Waals surface area (Å²) in [5, 5.41) is 1.43. The van der Waals surface area contributed by atoms with E-state index in [1.165, 1.54) is 6.26 Å². The van der Waals surface area contributed by atoms with Crippen LogP contribution in [0.5, 0.6) is 0 Å². The zero-order chi connectivity index (χ0) is 12.7. The molecule has 3 nitrogen and oxygen atoms in total. The van der Waals surface area contributed by atoms with Crippen molar-refractivity contribution in [2.24, 2.45) is 0 Å². The van der Waals surface area contributed by atoms with Gasteiger partial charge in [0.1, 0.15) is 12.0 Å². The van der Waals surface area contributed by atoms with Gasteiger partial charge in [0.2, 0.25) is 0 Å². The van der Waals surface area contributed by atoms with Gasteiger partial charge in [-0.15, -0.1) is 0 Å². The van der Waals surface area contributed by atoms with Crippen molar-refractivity contribution in [3.63, 3.8) is 0 Å². The standard InChI is InChI=1S/C14H10ClNO2/c1-8-5-9(7-18-8)14(17)11-6-16-13-10(11)3-2-4-12(13)15/h2-7,16H,1H3. The highest BCUT2D eigenvalue weighted by Crippen LogP contribution is 2.27. The predicted octanol–water partition coefficient (Wildman–Crippen LogP) is 3.95. The number of fused-ring (bicyclic) bond motifs is 1. The van der Waals surface area contributed by atoms with E-state index in [2.05, 4.69) is 4.98 Å². The van der Waals surface area contributed by atoms with E-state index in [-0.39, 0.29) is 5.78 Å². The largest absolute Gasteiger partial charge is 0.469 e. The number of carbonyl (C=O) groups is 1. The Bertz CT molecular complexity index is 739. The average molecular weight is 260 g/mol. The summed E-state index contributed by atoms with van der Waals surface area (Å²) in [7, 11) is 0. The maximum absolute atomic E-state index is 12.3. The average Bonchev–Trinajstić information content (AvgIpc) is 2.95. The fraction of sp³-hybridized carbons (Fsp3) is 0.0714. The van der Waals surface area contributed by atoms with Gasteiger partial charge in [-0.25, -0.2) is 0 Å². The Morgan fingerprint density at radius 2 is 2.22 bits per heavy atom. The zero-order valence-corrected chi connectivity index (χ0v) is 10.4. The highest BCUT2D eigenvalue weighted by molar-refractivity contribution is 6.35. The van der Waals surface area contributed by atoms with Gasteiger partial charge in [0, 0.05) is 17.1 Å². The van der Waals surface area contributed by atoms with Crippen molar-refractivity contribution in [3.05, 3.63) is 58.6 Å². The number of benzene rings is 1. The number of halogens is 1. The number of furan rings is 1. The number of H-pyrrole nitrogens is 1. The molecular weight excluding hydrogens is 250 g/mol. The van der Waals surface area contributed by atoms with Crippen LogP contribution in [-0.2, 0) is 0 Å². The van der Waals surface area contributed by atoms with Gasteiger partial charge in [0.05, 0.1) is 16.1 Å². The first-order valence-electron chi connectivity index (χ1n) is 5.52. The summed E-state index contributed by atoms with van der Waals surface area (Å²) in [5.74, 6) is 0.650. The van der Waals surface area contributed by atoms with Crippen LogP contribution in [0.3, 0.4) is 0 Å². The fourth-order valence-corrected chi connectivity index (χ4v) is 2.25. The second kappa shape index (κ2) is 4.03. The molecule has 0 fully saturated rings.